The summed E-state index contributed by atoms with van der Waals surface area (Å²) in [6.07, 6.45) is 5.34. The van der Waals surface area contributed by atoms with Crippen LogP contribution < -0.4 is 21.7 Å². The monoisotopic (exact) mass is 886 g/mol. The van der Waals surface area contributed by atoms with E-state index in [0.29, 0.717) is 30.0 Å². The molecule has 1 aliphatic heterocycles. The van der Waals surface area contributed by atoms with Crippen molar-refractivity contribution in [3.05, 3.63) is 45.9 Å². The summed E-state index contributed by atoms with van der Waals surface area (Å²) in [4.78, 5) is 91.9. The number of nitrogens with two attached hydrogens (primary N) is 1. The maximum atomic E-state index is 14.8. The van der Waals surface area contributed by atoms with Gasteiger partial charge in [0.2, 0.25) is 11.8 Å². The van der Waals surface area contributed by atoms with Gasteiger partial charge in [-0.15, -0.1) is 11.3 Å². The number of hydroxylamine groups is 2. The van der Waals surface area contributed by atoms with E-state index >= 15 is 0 Å². The number of rotatable bonds is 25. The predicted octanol–water partition coefficient (Wildman–Crippen LogP) is 5.87. The fourth-order valence-electron chi connectivity index (χ4n) is 7.47. The summed E-state index contributed by atoms with van der Waals surface area (Å²) in [5.41, 5.74) is 5.63. The second-order valence-electron chi connectivity index (χ2n) is 17.5. The van der Waals surface area contributed by atoms with Gasteiger partial charge in [-0.3, -0.25) is 38.5 Å². The number of anilines is 1. The van der Waals surface area contributed by atoms with Gasteiger partial charge in [0.25, 0.3) is 11.8 Å². The number of carboxylic acids is 1. The van der Waals surface area contributed by atoms with E-state index in [-0.39, 0.29) is 73.7 Å². The highest BCUT2D eigenvalue weighted by molar-refractivity contribution is 7.09. The van der Waals surface area contributed by atoms with E-state index in [1.165, 1.54) is 12.0 Å². The van der Waals surface area contributed by atoms with Crippen LogP contribution in [0.25, 0.3) is 0 Å². The number of amides is 4. The second kappa shape index (κ2) is 25.0. The molecule has 0 saturated carbocycles. The normalized spacial score (nSPS) is 17.0. The molecule has 1 aromatic heterocycles. The van der Waals surface area contributed by atoms with Crippen molar-refractivity contribution in [3.63, 3.8) is 0 Å². The number of benzene rings is 1. The fourth-order valence-corrected chi connectivity index (χ4v) is 8.31. The molecule has 6 N–H and O–H groups in total. The molecule has 0 radical (unpaired) electrons. The molecule has 1 saturated heterocycles. The number of hydrogen-bond acceptors (Lipinski definition) is 12. The number of aliphatic carboxylic acids is 1. The first-order valence-corrected chi connectivity index (χ1v) is 22.9. The Morgan fingerprint density at radius 1 is 1.05 bits per heavy atom. The van der Waals surface area contributed by atoms with Crippen molar-refractivity contribution >= 4 is 52.6 Å². The number of unbranched alkanes of at least 4 members (excludes halogenated alkanes) is 2. The summed E-state index contributed by atoms with van der Waals surface area (Å²) in [5, 5.41) is 22.0. The van der Waals surface area contributed by atoms with Crippen molar-refractivity contribution in [3.8, 4) is 0 Å². The van der Waals surface area contributed by atoms with E-state index in [9.17, 15) is 33.9 Å². The van der Waals surface area contributed by atoms with E-state index < -0.39 is 47.5 Å². The molecule has 0 spiro atoms. The number of likely N-dealkylation sites (N-methyl/N-ethyl adjacent to an activating group) is 1. The lowest BCUT2D eigenvalue weighted by molar-refractivity contribution is -0.213. The molecular weight excluding hydrogens is 815 g/mol. The summed E-state index contributed by atoms with van der Waals surface area (Å²) in [7, 11) is 1.93. The van der Waals surface area contributed by atoms with Crippen molar-refractivity contribution in [1.82, 2.24) is 25.6 Å². The number of hydrogen-bond donors (Lipinski definition) is 5. The molecule has 6 atom stereocenters. The van der Waals surface area contributed by atoms with Crippen molar-refractivity contribution in [1.29, 1.82) is 0 Å². The molecule has 17 heteroatoms. The first-order chi connectivity index (χ1) is 29.3. The molecular formula is C45H71N7O9S. The smallest absolute Gasteiger partial charge is 0.309 e. The highest BCUT2D eigenvalue weighted by Gasteiger charge is 2.40. The zero-order valence-corrected chi connectivity index (χ0v) is 39.0. The highest BCUT2D eigenvalue weighted by Crippen LogP contribution is 2.32. The maximum absolute atomic E-state index is 14.8. The summed E-state index contributed by atoms with van der Waals surface area (Å²) in [5.74, 6) is -3.47. The average Bonchev–Trinajstić information content (AvgIpc) is 3.72. The molecule has 16 nitrogen and oxygen atoms in total. The van der Waals surface area contributed by atoms with Crippen LogP contribution in [-0.2, 0) is 40.0 Å². The van der Waals surface area contributed by atoms with Gasteiger partial charge in [0.1, 0.15) is 16.7 Å². The van der Waals surface area contributed by atoms with Gasteiger partial charge in [-0.05, 0) is 89.1 Å². The molecule has 0 aliphatic carbocycles. The Labute approximate surface area is 371 Å². The minimum absolute atomic E-state index is 0.0530. The Hall–Kier alpha value is -4.45. The minimum Gasteiger partial charge on any atom is -0.481 e. The molecule has 346 valence electrons. The van der Waals surface area contributed by atoms with Crippen LogP contribution in [0.4, 0.5) is 5.69 Å². The Morgan fingerprint density at radius 3 is 2.32 bits per heavy atom. The molecule has 0 unspecified atom stereocenters. The quantitative estimate of drug-likeness (QED) is 0.0449. The van der Waals surface area contributed by atoms with Crippen LogP contribution in [0.5, 0.6) is 0 Å². The number of carboxylic acid groups (broad SMARTS) is 1. The zero-order valence-electron chi connectivity index (χ0n) is 38.2. The number of likely N-dealkylation sites (tertiary alicyclic amines) is 1. The first-order valence-electron chi connectivity index (χ1n) is 22.0. The summed E-state index contributed by atoms with van der Waals surface area (Å²) >= 11 is 1.13. The number of esters is 1. The number of ether oxygens (including phenoxy) is 1. The first kappa shape index (κ1) is 51.9. The number of piperidine rings is 1. The molecule has 1 fully saturated rings. The zero-order chi connectivity index (χ0) is 46.1. The van der Waals surface area contributed by atoms with Gasteiger partial charge in [0, 0.05) is 30.5 Å². The molecule has 0 bridgehead atoms. The molecule has 3 rings (SSSR count). The van der Waals surface area contributed by atoms with E-state index in [1.807, 2.05) is 39.6 Å². The van der Waals surface area contributed by atoms with E-state index in [2.05, 4.69) is 27.9 Å². The fraction of sp³-hybridized carbons (Fsp3) is 0.667. The molecule has 1 aromatic carbocycles. The van der Waals surface area contributed by atoms with Crippen molar-refractivity contribution in [2.45, 2.75) is 150 Å². The summed E-state index contributed by atoms with van der Waals surface area (Å²) < 4.78 is 5.87. The van der Waals surface area contributed by atoms with Gasteiger partial charge in [-0.1, -0.05) is 72.4 Å². The molecule has 2 aromatic rings. The summed E-state index contributed by atoms with van der Waals surface area (Å²) in [6.45, 7) is 15.2. The number of carbonyl (C=O) groups excluding carboxylic acids is 5. The Kier molecular flexibility index (Phi) is 20.9. The average molecular weight is 886 g/mol. The topological polar surface area (TPSA) is 223 Å². The molecule has 62 heavy (non-hydrogen) atoms. The Bertz CT molecular complexity index is 1790. The van der Waals surface area contributed by atoms with E-state index in [1.54, 1.807) is 43.5 Å². The van der Waals surface area contributed by atoms with E-state index in [0.717, 1.165) is 49.1 Å². The van der Waals surface area contributed by atoms with Gasteiger partial charge in [-0.25, -0.2) is 10.0 Å². The molecule has 1 aliphatic rings. The maximum Gasteiger partial charge on any atom is 0.309 e. The lowest BCUT2D eigenvalue weighted by Crippen LogP contribution is -2.58. The third-order valence-electron chi connectivity index (χ3n) is 11.5. The minimum atomic E-state index is -1.18. The SMILES string of the molecule is CCCCCON(C(=O)[C@@H](NC(=O)[C@H]1CCCCN1C)[C@@H](C)CC)[C@H](C[C@@H](OC(C)=O)c1nc(C(=O)N[C@@H](Cc2ccc(NC(=O)CN)cc2)CC(C)(C)C(=O)O)cs1)C(C)C. The Balaban J connectivity index is 1.93. The van der Waals surface area contributed by atoms with Crippen LogP contribution in [0, 0.1) is 17.3 Å². The highest BCUT2D eigenvalue weighted by atomic mass is 32.1. The van der Waals surface area contributed by atoms with Crippen LogP contribution >= 0.6 is 11.3 Å². The third-order valence-corrected chi connectivity index (χ3v) is 12.4. The second-order valence-corrected chi connectivity index (χ2v) is 18.4. The van der Waals surface area contributed by atoms with Crippen molar-refractivity contribution < 1.29 is 43.4 Å². The van der Waals surface area contributed by atoms with Crippen LogP contribution in [0.2, 0.25) is 0 Å². The van der Waals surface area contributed by atoms with Crippen LogP contribution in [0.1, 0.15) is 140 Å². The van der Waals surface area contributed by atoms with Crippen molar-refractivity contribution in [2.75, 3.05) is 32.1 Å². The predicted molar refractivity (Wildman–Crippen MR) is 239 cm³/mol. The van der Waals surface area contributed by atoms with Crippen LogP contribution in [0.3, 0.4) is 0 Å². The van der Waals surface area contributed by atoms with Crippen LogP contribution in [0.15, 0.2) is 29.6 Å². The lowest BCUT2D eigenvalue weighted by Gasteiger charge is -2.39. The lowest BCUT2D eigenvalue weighted by atomic mass is 9.84. The number of thiazole rings is 1. The number of aromatic nitrogens is 1. The number of nitrogens with one attached hydrogen (secondary N) is 3. The van der Waals surface area contributed by atoms with Gasteiger partial charge in [0.15, 0.2) is 6.10 Å². The molecule has 4 amide bonds. The van der Waals surface area contributed by atoms with Crippen LogP contribution in [-0.4, -0.2) is 107 Å². The largest absolute Gasteiger partial charge is 0.481 e. The van der Waals surface area contributed by atoms with Gasteiger partial charge >= 0.3 is 11.9 Å². The number of nitrogens with zero attached hydrogens (tertiary/aromatic N) is 3. The Morgan fingerprint density at radius 2 is 1.74 bits per heavy atom. The standard InChI is InChI=1S/C45H71N7O9S/c1-10-12-15-22-60-52(43(57)39(29(5)11-2)50-41(56)35-16-13-14-21-51(35)9)36(28(3)4)24-37(61-30(6)53)42-49-34(27-62-42)40(55)48-33(25-45(7,8)44(58)59)23-31-17-19-32(20-18-31)47-38(54)26-46/h17-20,27-29,33,35-37,39H,10-16,21-26,46H2,1-9H3,(H,47,54)(H,48,55)(H,50,56)(H,58,59)/t29-,33-,35+,36+,37+,39-/m0/s1. The molecule has 2 heterocycles. The number of carbonyl (C=O) groups is 6. The van der Waals surface area contributed by atoms with Gasteiger partial charge in [0.05, 0.1) is 30.7 Å². The van der Waals surface area contributed by atoms with Gasteiger partial charge in [-0.2, -0.15) is 0 Å². The third kappa shape index (κ3) is 15.7. The van der Waals surface area contributed by atoms with E-state index in [4.69, 9.17) is 15.3 Å². The summed E-state index contributed by atoms with van der Waals surface area (Å²) in [6, 6.07) is 4.51. The van der Waals surface area contributed by atoms with Crippen molar-refractivity contribution in [2.24, 2.45) is 23.0 Å². The van der Waals surface area contributed by atoms with Gasteiger partial charge < -0.3 is 31.5 Å².